The van der Waals surface area contributed by atoms with E-state index in [2.05, 4.69) is 10.2 Å². The summed E-state index contributed by atoms with van der Waals surface area (Å²) in [6.45, 7) is 1.30. The Morgan fingerprint density at radius 1 is 1.19 bits per heavy atom. The van der Waals surface area contributed by atoms with Crippen LogP contribution in [0.25, 0.3) is 11.3 Å². The molecular weight excluding hydrogens is 414 g/mol. The minimum absolute atomic E-state index is 0.0451. The van der Waals surface area contributed by atoms with Crippen LogP contribution in [0.2, 0.25) is 0 Å². The van der Waals surface area contributed by atoms with E-state index in [0.29, 0.717) is 30.9 Å². The first-order valence-corrected chi connectivity index (χ1v) is 10.3. The maximum Gasteiger partial charge on any atom is 0.334 e. The monoisotopic (exact) mass is 435 g/mol. The molecular formula is C22H21N5O5. The zero-order chi connectivity index (χ0) is 22.4. The lowest BCUT2D eigenvalue weighted by molar-refractivity contribution is -0.386. The van der Waals surface area contributed by atoms with Crippen LogP contribution in [-0.2, 0) is 6.54 Å². The number of rotatable bonds is 4. The predicted octanol–water partition coefficient (Wildman–Crippen LogP) is 2.41. The van der Waals surface area contributed by atoms with Crippen molar-refractivity contribution in [2.45, 2.75) is 18.9 Å². The number of benzene rings is 1. The van der Waals surface area contributed by atoms with Crippen molar-refractivity contribution in [3.8, 4) is 17.0 Å². The number of hydrogen-bond acceptors (Lipinski definition) is 6. The maximum atomic E-state index is 13.4. The molecule has 1 amide bonds. The number of nitro groups is 1. The number of amides is 1. The molecule has 1 unspecified atom stereocenters. The van der Waals surface area contributed by atoms with Gasteiger partial charge in [-0.05, 0) is 42.7 Å². The summed E-state index contributed by atoms with van der Waals surface area (Å²) >= 11 is 0. The molecule has 0 spiro atoms. The third-order valence-corrected chi connectivity index (χ3v) is 6.32. The van der Waals surface area contributed by atoms with E-state index in [1.54, 1.807) is 18.1 Å². The number of pyridine rings is 1. The lowest BCUT2D eigenvalue weighted by Gasteiger charge is -2.42. The van der Waals surface area contributed by atoms with E-state index in [9.17, 15) is 19.7 Å². The number of carbonyl (C=O) groups excluding carboxylic acids is 1. The average molecular weight is 435 g/mol. The van der Waals surface area contributed by atoms with E-state index in [1.807, 2.05) is 24.3 Å². The molecule has 2 bridgehead atoms. The number of piperidine rings is 1. The van der Waals surface area contributed by atoms with Crippen LogP contribution in [0.15, 0.2) is 47.4 Å². The topological polar surface area (TPSA) is 123 Å². The molecule has 1 N–H and O–H groups in total. The molecule has 2 aliphatic heterocycles. The van der Waals surface area contributed by atoms with Crippen LogP contribution in [0.4, 0.5) is 5.69 Å². The highest BCUT2D eigenvalue weighted by Crippen LogP contribution is 2.36. The fourth-order valence-electron chi connectivity index (χ4n) is 4.84. The number of nitrogens with zero attached hydrogens (tertiary/aromatic N) is 4. The minimum atomic E-state index is -0.643. The van der Waals surface area contributed by atoms with Crippen molar-refractivity contribution in [3.05, 3.63) is 74.3 Å². The van der Waals surface area contributed by atoms with E-state index in [4.69, 9.17) is 4.74 Å². The number of hydrogen-bond donors (Lipinski definition) is 1. The number of fused-ring (bicyclic) bond motifs is 4. The van der Waals surface area contributed by atoms with Crippen LogP contribution in [0.5, 0.6) is 5.75 Å². The van der Waals surface area contributed by atoms with Crippen molar-refractivity contribution in [3.63, 3.8) is 0 Å². The van der Waals surface area contributed by atoms with Gasteiger partial charge in [0.2, 0.25) is 0 Å². The van der Waals surface area contributed by atoms with E-state index < -0.39 is 16.2 Å². The summed E-state index contributed by atoms with van der Waals surface area (Å²) in [4.78, 5) is 38.3. The molecule has 1 fully saturated rings. The fraction of sp³-hybridized carbons (Fsp3) is 0.318. The molecule has 10 nitrogen and oxygen atoms in total. The number of carbonyl (C=O) groups is 1. The summed E-state index contributed by atoms with van der Waals surface area (Å²) in [5.41, 5.74) is 1.71. The SMILES string of the molecule is COc1ccc(-c2[nH]ncc2C(=O)N2CC3C[C@@H](C2)Cn2c3ccc([N+](=O)[O-])c2=O)cc1. The Labute approximate surface area is 182 Å². The third-order valence-electron chi connectivity index (χ3n) is 6.32. The molecule has 4 heterocycles. The molecule has 0 saturated carbocycles. The Bertz CT molecular complexity index is 1260. The van der Waals surface area contributed by atoms with Gasteiger partial charge in [0.25, 0.3) is 5.91 Å². The highest BCUT2D eigenvalue weighted by atomic mass is 16.6. The van der Waals surface area contributed by atoms with Gasteiger partial charge in [-0.2, -0.15) is 5.10 Å². The van der Waals surface area contributed by atoms with Crippen molar-refractivity contribution in [2.75, 3.05) is 20.2 Å². The van der Waals surface area contributed by atoms with Gasteiger partial charge in [-0.1, -0.05) is 0 Å². The number of nitrogens with one attached hydrogen (secondary N) is 1. The standard InChI is InChI=1S/C22H21N5O5/c1-32-16-4-2-14(3-5-16)20-17(9-23-24-20)21(28)25-10-13-8-15(12-25)18-6-7-19(27(30)31)22(29)26(18)11-13/h2-7,9,13,15H,8,10-12H2,1H3,(H,23,24)/t13-,15?/m0/s1. The number of aromatic nitrogens is 3. The van der Waals surface area contributed by atoms with Crippen LogP contribution in [0, 0.1) is 16.0 Å². The van der Waals surface area contributed by atoms with Gasteiger partial charge < -0.3 is 14.2 Å². The first-order chi connectivity index (χ1) is 15.5. The molecule has 5 rings (SSSR count). The molecule has 32 heavy (non-hydrogen) atoms. The van der Waals surface area contributed by atoms with E-state index in [-0.39, 0.29) is 17.7 Å². The largest absolute Gasteiger partial charge is 0.497 e. The van der Waals surface area contributed by atoms with Crippen molar-refractivity contribution in [2.24, 2.45) is 5.92 Å². The van der Waals surface area contributed by atoms with Crippen molar-refractivity contribution < 1.29 is 14.5 Å². The molecule has 164 valence electrons. The summed E-state index contributed by atoms with van der Waals surface area (Å²) < 4.78 is 6.71. The lowest BCUT2D eigenvalue weighted by atomic mass is 9.83. The quantitative estimate of drug-likeness (QED) is 0.496. The Morgan fingerprint density at radius 3 is 2.69 bits per heavy atom. The number of ether oxygens (including phenoxy) is 1. The number of likely N-dealkylation sites (tertiary alicyclic amines) is 1. The van der Waals surface area contributed by atoms with Gasteiger partial charge in [0.15, 0.2) is 0 Å². The molecule has 2 aromatic heterocycles. The third kappa shape index (κ3) is 3.24. The van der Waals surface area contributed by atoms with Gasteiger partial charge in [-0.25, -0.2) is 0 Å². The summed E-state index contributed by atoms with van der Waals surface area (Å²) in [6, 6.07) is 10.3. The molecule has 0 aliphatic carbocycles. The summed E-state index contributed by atoms with van der Waals surface area (Å²) in [7, 11) is 1.60. The van der Waals surface area contributed by atoms with Crippen molar-refractivity contribution in [1.82, 2.24) is 19.7 Å². The smallest absolute Gasteiger partial charge is 0.334 e. The Morgan fingerprint density at radius 2 is 1.97 bits per heavy atom. The van der Waals surface area contributed by atoms with Crippen molar-refractivity contribution in [1.29, 1.82) is 0 Å². The van der Waals surface area contributed by atoms with Gasteiger partial charge in [-0.15, -0.1) is 0 Å². The highest BCUT2D eigenvalue weighted by molar-refractivity contribution is 5.99. The number of H-pyrrole nitrogens is 1. The molecule has 1 aromatic carbocycles. The van der Waals surface area contributed by atoms with E-state index >= 15 is 0 Å². The highest BCUT2D eigenvalue weighted by Gasteiger charge is 2.38. The van der Waals surface area contributed by atoms with Gasteiger partial charge >= 0.3 is 11.2 Å². The second-order valence-electron chi connectivity index (χ2n) is 8.21. The van der Waals surface area contributed by atoms with E-state index in [1.165, 1.54) is 16.8 Å². The van der Waals surface area contributed by atoms with E-state index in [0.717, 1.165) is 23.4 Å². The predicted molar refractivity (Wildman–Crippen MR) is 115 cm³/mol. The Kier molecular flexibility index (Phi) is 4.76. The van der Waals surface area contributed by atoms with Crippen LogP contribution in [0.3, 0.4) is 0 Å². The summed E-state index contributed by atoms with van der Waals surface area (Å²) in [6.07, 6.45) is 2.38. The average Bonchev–Trinajstić information content (AvgIpc) is 3.29. The van der Waals surface area contributed by atoms with Crippen molar-refractivity contribution >= 4 is 11.6 Å². The molecule has 0 radical (unpaired) electrons. The van der Waals surface area contributed by atoms with Gasteiger partial charge in [0.05, 0.1) is 29.5 Å². The Balaban J connectivity index is 1.43. The van der Waals surface area contributed by atoms with Crippen LogP contribution < -0.4 is 10.3 Å². The zero-order valence-corrected chi connectivity index (χ0v) is 17.4. The fourth-order valence-corrected chi connectivity index (χ4v) is 4.84. The van der Waals surface area contributed by atoms with Gasteiger partial charge in [-0.3, -0.25) is 24.8 Å². The number of methoxy groups -OCH3 is 1. The lowest BCUT2D eigenvalue weighted by Crippen LogP contribution is -2.49. The normalized spacial score (nSPS) is 19.3. The van der Waals surface area contributed by atoms with Gasteiger partial charge in [0, 0.05) is 42.9 Å². The number of aromatic amines is 1. The molecule has 2 atom stereocenters. The van der Waals surface area contributed by atoms with Gasteiger partial charge in [0.1, 0.15) is 5.75 Å². The summed E-state index contributed by atoms with van der Waals surface area (Å²) in [5, 5.41) is 18.1. The summed E-state index contributed by atoms with van der Waals surface area (Å²) in [5.74, 6) is 0.605. The zero-order valence-electron chi connectivity index (χ0n) is 17.4. The maximum absolute atomic E-state index is 13.4. The molecule has 10 heteroatoms. The molecule has 1 saturated heterocycles. The first kappa shape index (κ1) is 20.0. The second-order valence-corrected chi connectivity index (χ2v) is 8.21. The van der Waals surface area contributed by atoms with Crippen LogP contribution in [-0.4, -0.2) is 50.7 Å². The second kappa shape index (κ2) is 7.63. The Hall–Kier alpha value is -3.95. The minimum Gasteiger partial charge on any atom is -0.497 e. The van der Waals surface area contributed by atoms with Crippen LogP contribution in [0.1, 0.15) is 28.4 Å². The molecule has 2 aliphatic rings. The van der Waals surface area contributed by atoms with Crippen LogP contribution >= 0.6 is 0 Å². The molecule has 3 aromatic rings. The first-order valence-electron chi connectivity index (χ1n) is 10.3.